The van der Waals surface area contributed by atoms with Crippen LogP contribution in [0.2, 0.25) is 4.34 Å². The first-order chi connectivity index (χ1) is 7.51. The number of rotatable bonds is 4. The van der Waals surface area contributed by atoms with E-state index in [2.05, 4.69) is 0 Å². The predicted molar refractivity (Wildman–Crippen MR) is 63.4 cm³/mol. The van der Waals surface area contributed by atoms with E-state index in [1.54, 1.807) is 19.9 Å². The van der Waals surface area contributed by atoms with Crippen LogP contribution in [0.15, 0.2) is 12.1 Å². The van der Waals surface area contributed by atoms with E-state index in [4.69, 9.17) is 21.6 Å². The van der Waals surface area contributed by atoms with Crippen LogP contribution in [0.1, 0.15) is 18.7 Å². The van der Waals surface area contributed by atoms with Crippen molar-refractivity contribution in [1.29, 1.82) is 5.26 Å². The second-order valence-electron chi connectivity index (χ2n) is 3.55. The lowest BCUT2D eigenvalue weighted by atomic mass is 9.88. The van der Waals surface area contributed by atoms with Crippen molar-refractivity contribution >= 4 is 28.9 Å². The maximum Gasteiger partial charge on any atom is 0.326 e. The summed E-state index contributed by atoms with van der Waals surface area (Å²) >= 11 is 7.16. The van der Waals surface area contributed by atoms with Crippen molar-refractivity contribution in [3.8, 4) is 6.07 Å². The molecule has 1 aromatic heterocycles. The van der Waals surface area contributed by atoms with Crippen LogP contribution in [0, 0.1) is 16.7 Å². The van der Waals surface area contributed by atoms with Crippen molar-refractivity contribution < 1.29 is 9.53 Å². The Kier molecular flexibility index (Phi) is 4.34. The molecule has 1 aromatic rings. The van der Waals surface area contributed by atoms with Gasteiger partial charge in [0.05, 0.1) is 17.0 Å². The average molecular weight is 258 g/mol. The van der Waals surface area contributed by atoms with Gasteiger partial charge < -0.3 is 4.74 Å². The average Bonchev–Trinajstić information content (AvgIpc) is 2.64. The first-order valence-corrected chi connectivity index (χ1v) is 6.04. The van der Waals surface area contributed by atoms with E-state index in [1.165, 1.54) is 11.3 Å². The highest BCUT2D eigenvalue weighted by atomic mass is 35.5. The molecule has 0 bridgehead atoms. The Labute approximate surface area is 104 Å². The summed E-state index contributed by atoms with van der Waals surface area (Å²) in [6, 6.07) is 5.59. The molecule has 1 atom stereocenters. The number of hydrogen-bond donors (Lipinski definition) is 0. The van der Waals surface area contributed by atoms with Gasteiger partial charge in [0.2, 0.25) is 0 Å². The van der Waals surface area contributed by atoms with Gasteiger partial charge in [-0.05, 0) is 26.0 Å². The lowest BCUT2D eigenvalue weighted by Gasteiger charge is -2.18. The number of esters is 1. The fraction of sp³-hybridized carbons (Fsp3) is 0.455. The third-order valence-corrected chi connectivity index (χ3v) is 3.36. The number of carbonyl (C=O) groups is 1. The maximum atomic E-state index is 11.6. The Bertz CT molecular complexity index is 424. The monoisotopic (exact) mass is 257 g/mol. The number of nitrogens with zero attached hydrogens (tertiary/aromatic N) is 1. The Hall–Kier alpha value is -1.05. The van der Waals surface area contributed by atoms with Gasteiger partial charge in [-0.2, -0.15) is 5.26 Å². The zero-order valence-corrected chi connectivity index (χ0v) is 10.7. The normalized spacial score (nSPS) is 13.9. The molecule has 0 aromatic carbocycles. The van der Waals surface area contributed by atoms with Crippen molar-refractivity contribution in [1.82, 2.24) is 0 Å². The Morgan fingerprint density at radius 1 is 1.69 bits per heavy atom. The Balaban J connectivity index is 2.82. The first kappa shape index (κ1) is 13.0. The Morgan fingerprint density at radius 3 is 2.81 bits per heavy atom. The molecule has 0 aliphatic carbocycles. The van der Waals surface area contributed by atoms with Gasteiger partial charge in [-0.15, -0.1) is 11.3 Å². The molecule has 0 spiro atoms. The van der Waals surface area contributed by atoms with E-state index in [0.29, 0.717) is 10.8 Å². The lowest BCUT2D eigenvalue weighted by Crippen LogP contribution is -2.30. The van der Waals surface area contributed by atoms with Gasteiger partial charge in [-0.25, -0.2) is 0 Å². The third kappa shape index (κ3) is 2.97. The SMILES string of the molecule is CCOC(=O)C(C)(C#N)Cc1ccc(Cl)s1. The van der Waals surface area contributed by atoms with Gasteiger partial charge in [0.25, 0.3) is 0 Å². The highest BCUT2D eigenvalue weighted by Crippen LogP contribution is 2.29. The van der Waals surface area contributed by atoms with E-state index in [-0.39, 0.29) is 6.61 Å². The molecule has 0 aliphatic rings. The van der Waals surface area contributed by atoms with Crippen molar-refractivity contribution in [3.63, 3.8) is 0 Å². The van der Waals surface area contributed by atoms with E-state index in [9.17, 15) is 4.79 Å². The van der Waals surface area contributed by atoms with Crippen LogP contribution in [0.5, 0.6) is 0 Å². The fourth-order valence-electron chi connectivity index (χ4n) is 1.24. The molecule has 3 nitrogen and oxygen atoms in total. The molecule has 0 saturated carbocycles. The second-order valence-corrected chi connectivity index (χ2v) is 5.35. The summed E-state index contributed by atoms with van der Waals surface area (Å²) in [5.41, 5.74) is -1.13. The molecule has 16 heavy (non-hydrogen) atoms. The molecule has 0 radical (unpaired) electrons. The van der Waals surface area contributed by atoms with E-state index in [0.717, 1.165) is 4.88 Å². The summed E-state index contributed by atoms with van der Waals surface area (Å²) in [5.74, 6) is -0.484. The number of hydrogen-bond acceptors (Lipinski definition) is 4. The molecule has 1 rings (SSSR count). The number of thiophene rings is 1. The van der Waals surface area contributed by atoms with Gasteiger partial charge in [-0.3, -0.25) is 4.79 Å². The molecule has 0 aliphatic heterocycles. The summed E-state index contributed by atoms with van der Waals surface area (Å²) in [5, 5.41) is 9.07. The number of ether oxygens (including phenoxy) is 1. The maximum absolute atomic E-state index is 11.6. The van der Waals surface area contributed by atoms with Crippen LogP contribution in [0.25, 0.3) is 0 Å². The van der Waals surface area contributed by atoms with Gasteiger partial charge in [0.1, 0.15) is 0 Å². The summed E-state index contributed by atoms with van der Waals surface area (Å²) in [4.78, 5) is 12.5. The number of carbonyl (C=O) groups excluding carboxylic acids is 1. The molecule has 0 saturated heterocycles. The van der Waals surface area contributed by atoms with Crippen molar-refractivity contribution in [3.05, 3.63) is 21.3 Å². The van der Waals surface area contributed by atoms with Crippen LogP contribution in [-0.4, -0.2) is 12.6 Å². The molecular formula is C11H12ClNO2S. The zero-order chi connectivity index (χ0) is 12.2. The van der Waals surface area contributed by atoms with Crippen molar-refractivity contribution in [2.45, 2.75) is 20.3 Å². The topological polar surface area (TPSA) is 50.1 Å². The fourth-order valence-corrected chi connectivity index (χ4v) is 2.49. The van der Waals surface area contributed by atoms with E-state index < -0.39 is 11.4 Å². The number of nitriles is 1. The van der Waals surface area contributed by atoms with Crippen LogP contribution in [0.3, 0.4) is 0 Å². The number of halogens is 1. The predicted octanol–water partition coefficient (Wildman–Crippen LogP) is 3.04. The highest BCUT2D eigenvalue weighted by molar-refractivity contribution is 7.16. The quantitative estimate of drug-likeness (QED) is 0.779. The van der Waals surface area contributed by atoms with Crippen molar-refractivity contribution in [2.24, 2.45) is 5.41 Å². The molecule has 1 heterocycles. The second kappa shape index (κ2) is 5.33. The van der Waals surface area contributed by atoms with Gasteiger partial charge in [0.15, 0.2) is 5.41 Å². The van der Waals surface area contributed by atoms with Gasteiger partial charge in [0, 0.05) is 11.3 Å². The molecule has 0 fully saturated rings. The summed E-state index contributed by atoms with van der Waals surface area (Å²) < 4.78 is 5.54. The molecule has 86 valence electrons. The van der Waals surface area contributed by atoms with E-state index in [1.807, 2.05) is 12.1 Å². The van der Waals surface area contributed by atoms with Crippen LogP contribution < -0.4 is 0 Å². The zero-order valence-electron chi connectivity index (χ0n) is 9.12. The van der Waals surface area contributed by atoms with E-state index >= 15 is 0 Å². The molecule has 0 amide bonds. The summed E-state index contributed by atoms with van der Waals surface area (Å²) in [6.07, 6.45) is 0.333. The minimum atomic E-state index is -1.13. The molecule has 1 unspecified atom stereocenters. The van der Waals surface area contributed by atoms with Crippen LogP contribution >= 0.6 is 22.9 Å². The van der Waals surface area contributed by atoms with Gasteiger partial charge in [-0.1, -0.05) is 11.6 Å². The highest BCUT2D eigenvalue weighted by Gasteiger charge is 2.35. The third-order valence-electron chi connectivity index (χ3n) is 2.13. The van der Waals surface area contributed by atoms with Gasteiger partial charge >= 0.3 is 5.97 Å². The molecule has 0 N–H and O–H groups in total. The van der Waals surface area contributed by atoms with Crippen LogP contribution in [0.4, 0.5) is 0 Å². The standard InChI is InChI=1S/C11H12ClNO2S/c1-3-15-10(14)11(2,7-13)6-8-4-5-9(12)16-8/h4-5H,3,6H2,1-2H3. The minimum absolute atomic E-state index is 0.279. The summed E-state index contributed by atoms with van der Waals surface area (Å²) in [7, 11) is 0. The van der Waals surface area contributed by atoms with Crippen molar-refractivity contribution in [2.75, 3.05) is 6.61 Å². The summed E-state index contributed by atoms with van der Waals surface area (Å²) in [6.45, 7) is 3.58. The first-order valence-electron chi connectivity index (χ1n) is 4.84. The molecule has 5 heteroatoms. The largest absolute Gasteiger partial charge is 0.465 e. The lowest BCUT2D eigenvalue weighted by molar-refractivity contribution is -0.151. The molecular weight excluding hydrogens is 246 g/mol. The van der Waals surface area contributed by atoms with Crippen LogP contribution in [-0.2, 0) is 16.0 Å². The smallest absolute Gasteiger partial charge is 0.326 e. The Morgan fingerprint density at radius 2 is 2.38 bits per heavy atom. The minimum Gasteiger partial charge on any atom is -0.465 e.